The summed E-state index contributed by atoms with van der Waals surface area (Å²) >= 11 is 1.50. The number of thiazole rings is 1. The molecule has 136 valence electrons. The molecule has 1 aromatic heterocycles. The zero-order valence-corrected chi connectivity index (χ0v) is 15.8. The van der Waals surface area contributed by atoms with Crippen LogP contribution in [0.3, 0.4) is 0 Å². The fourth-order valence-corrected chi connectivity index (χ4v) is 4.57. The van der Waals surface area contributed by atoms with Crippen LogP contribution in [-0.4, -0.2) is 33.1 Å². The van der Waals surface area contributed by atoms with Crippen LogP contribution in [0.15, 0.2) is 34.5 Å². The van der Waals surface area contributed by atoms with Gasteiger partial charge in [0.1, 0.15) is 5.75 Å². The lowest BCUT2D eigenvalue weighted by atomic mass is 10.3. The molecule has 25 heavy (non-hydrogen) atoms. The van der Waals surface area contributed by atoms with Crippen molar-refractivity contribution >= 4 is 26.5 Å². The second kappa shape index (κ2) is 8.16. The van der Waals surface area contributed by atoms with Gasteiger partial charge in [-0.3, -0.25) is 0 Å². The standard InChI is InChI=1S/C17H23N3O3S2/c1-18-17-20-13(12-24-17)10-11-19-25(21,22)16-8-6-15(7-9-16)23-14-4-2-3-5-14/h6-9,12,14,19H,2-5,10-11H2,1H3,(H,18,20). The lowest BCUT2D eigenvalue weighted by Crippen LogP contribution is -2.26. The molecule has 1 aliphatic rings. The fourth-order valence-electron chi connectivity index (χ4n) is 2.83. The van der Waals surface area contributed by atoms with E-state index in [1.807, 2.05) is 12.4 Å². The molecule has 0 atom stereocenters. The molecule has 1 heterocycles. The highest BCUT2D eigenvalue weighted by Crippen LogP contribution is 2.25. The van der Waals surface area contributed by atoms with E-state index in [0.29, 0.717) is 13.0 Å². The van der Waals surface area contributed by atoms with Crippen LogP contribution in [0.5, 0.6) is 5.75 Å². The number of aromatic nitrogens is 1. The first kappa shape index (κ1) is 18.2. The topological polar surface area (TPSA) is 80.3 Å². The highest BCUT2D eigenvalue weighted by Gasteiger charge is 2.18. The van der Waals surface area contributed by atoms with E-state index in [-0.39, 0.29) is 11.0 Å². The number of hydrogen-bond acceptors (Lipinski definition) is 6. The van der Waals surface area contributed by atoms with E-state index in [9.17, 15) is 8.42 Å². The summed E-state index contributed by atoms with van der Waals surface area (Å²) in [4.78, 5) is 4.59. The largest absolute Gasteiger partial charge is 0.490 e. The average molecular weight is 382 g/mol. The molecule has 0 spiro atoms. The van der Waals surface area contributed by atoms with E-state index >= 15 is 0 Å². The Morgan fingerprint density at radius 2 is 1.96 bits per heavy atom. The number of rotatable bonds is 8. The normalized spacial score (nSPS) is 15.4. The van der Waals surface area contributed by atoms with Crippen molar-refractivity contribution < 1.29 is 13.2 Å². The Bertz CT molecular complexity index is 782. The molecule has 0 amide bonds. The quantitative estimate of drug-likeness (QED) is 0.735. The van der Waals surface area contributed by atoms with Gasteiger partial charge in [0, 0.05) is 25.4 Å². The number of ether oxygens (including phenoxy) is 1. The molecule has 0 bridgehead atoms. The second-order valence-corrected chi connectivity index (χ2v) is 8.66. The lowest BCUT2D eigenvalue weighted by molar-refractivity contribution is 0.210. The predicted octanol–water partition coefficient (Wildman–Crippen LogP) is 3.03. The van der Waals surface area contributed by atoms with E-state index < -0.39 is 10.0 Å². The monoisotopic (exact) mass is 381 g/mol. The maximum atomic E-state index is 12.4. The summed E-state index contributed by atoms with van der Waals surface area (Å²) in [5, 5.41) is 5.72. The molecule has 3 rings (SSSR count). The van der Waals surface area contributed by atoms with Gasteiger partial charge in [-0.1, -0.05) is 0 Å². The van der Waals surface area contributed by atoms with Gasteiger partial charge in [-0.15, -0.1) is 11.3 Å². The van der Waals surface area contributed by atoms with Gasteiger partial charge >= 0.3 is 0 Å². The van der Waals surface area contributed by atoms with Crippen molar-refractivity contribution in [3.05, 3.63) is 35.3 Å². The first-order valence-corrected chi connectivity index (χ1v) is 10.8. The van der Waals surface area contributed by atoms with Crippen LogP contribution in [0.25, 0.3) is 0 Å². The molecule has 1 aromatic carbocycles. The van der Waals surface area contributed by atoms with E-state index in [0.717, 1.165) is 29.4 Å². The van der Waals surface area contributed by atoms with Crippen molar-refractivity contribution in [3.63, 3.8) is 0 Å². The molecule has 0 radical (unpaired) electrons. The van der Waals surface area contributed by atoms with E-state index in [1.54, 1.807) is 24.3 Å². The van der Waals surface area contributed by atoms with E-state index in [1.165, 1.54) is 24.2 Å². The summed E-state index contributed by atoms with van der Waals surface area (Å²) < 4.78 is 33.2. The Kier molecular flexibility index (Phi) is 5.93. The third-order valence-electron chi connectivity index (χ3n) is 4.18. The SMILES string of the molecule is CNc1nc(CCNS(=O)(=O)c2ccc(OC3CCCC3)cc2)cs1. The summed E-state index contributed by atoms with van der Waals surface area (Å²) in [6.07, 6.45) is 5.38. The van der Waals surface area contributed by atoms with Crippen LogP contribution in [-0.2, 0) is 16.4 Å². The summed E-state index contributed by atoms with van der Waals surface area (Å²) in [7, 11) is -1.71. The molecular formula is C17H23N3O3S2. The van der Waals surface area contributed by atoms with Crippen molar-refractivity contribution in [2.75, 3.05) is 18.9 Å². The Morgan fingerprint density at radius 1 is 1.24 bits per heavy atom. The van der Waals surface area contributed by atoms with Gasteiger partial charge < -0.3 is 10.1 Å². The molecule has 0 saturated heterocycles. The highest BCUT2D eigenvalue weighted by atomic mass is 32.2. The molecule has 1 fully saturated rings. The van der Waals surface area contributed by atoms with Crippen molar-refractivity contribution in [1.29, 1.82) is 0 Å². The van der Waals surface area contributed by atoms with Crippen LogP contribution in [0.1, 0.15) is 31.4 Å². The van der Waals surface area contributed by atoms with Gasteiger partial charge in [0.2, 0.25) is 10.0 Å². The van der Waals surface area contributed by atoms with Crippen LogP contribution >= 0.6 is 11.3 Å². The number of hydrogen-bond donors (Lipinski definition) is 2. The zero-order chi connectivity index (χ0) is 17.7. The highest BCUT2D eigenvalue weighted by molar-refractivity contribution is 7.89. The fraction of sp³-hybridized carbons (Fsp3) is 0.471. The van der Waals surface area contributed by atoms with Crippen molar-refractivity contribution in [2.24, 2.45) is 0 Å². The molecule has 1 aliphatic carbocycles. The third-order valence-corrected chi connectivity index (χ3v) is 6.56. The first-order chi connectivity index (χ1) is 12.1. The smallest absolute Gasteiger partial charge is 0.240 e. The van der Waals surface area contributed by atoms with E-state index in [2.05, 4.69) is 15.0 Å². The minimum Gasteiger partial charge on any atom is -0.490 e. The summed E-state index contributed by atoms with van der Waals surface area (Å²) in [5.41, 5.74) is 0.873. The minimum absolute atomic E-state index is 0.250. The second-order valence-electron chi connectivity index (χ2n) is 6.04. The molecular weight excluding hydrogens is 358 g/mol. The number of nitrogens with one attached hydrogen (secondary N) is 2. The van der Waals surface area contributed by atoms with Crippen LogP contribution in [0.4, 0.5) is 5.13 Å². The molecule has 2 N–H and O–H groups in total. The van der Waals surface area contributed by atoms with Crippen LogP contribution in [0, 0.1) is 0 Å². The summed E-state index contributed by atoms with van der Waals surface area (Å²) in [6, 6.07) is 6.64. The summed E-state index contributed by atoms with van der Waals surface area (Å²) in [6.45, 7) is 0.315. The van der Waals surface area contributed by atoms with Gasteiger partial charge in [-0.25, -0.2) is 18.1 Å². The van der Waals surface area contributed by atoms with Gasteiger partial charge in [-0.2, -0.15) is 0 Å². The van der Waals surface area contributed by atoms with Crippen LogP contribution in [0.2, 0.25) is 0 Å². The summed E-state index contributed by atoms with van der Waals surface area (Å²) in [5.74, 6) is 0.730. The lowest BCUT2D eigenvalue weighted by Gasteiger charge is -2.13. The molecule has 2 aromatic rings. The van der Waals surface area contributed by atoms with Crippen molar-refractivity contribution in [1.82, 2.24) is 9.71 Å². The number of nitrogens with zero attached hydrogens (tertiary/aromatic N) is 1. The molecule has 8 heteroatoms. The minimum atomic E-state index is -3.52. The molecule has 0 unspecified atom stereocenters. The first-order valence-electron chi connectivity index (χ1n) is 8.45. The number of sulfonamides is 1. The van der Waals surface area contributed by atoms with Gasteiger partial charge in [0.05, 0.1) is 16.7 Å². The van der Waals surface area contributed by atoms with E-state index in [4.69, 9.17) is 4.74 Å². The predicted molar refractivity (Wildman–Crippen MR) is 99.9 cm³/mol. The average Bonchev–Trinajstić information content (AvgIpc) is 3.27. The molecule has 0 aliphatic heterocycles. The zero-order valence-electron chi connectivity index (χ0n) is 14.2. The Hall–Kier alpha value is -1.64. The maximum absolute atomic E-state index is 12.4. The maximum Gasteiger partial charge on any atom is 0.240 e. The Morgan fingerprint density at radius 3 is 2.60 bits per heavy atom. The van der Waals surface area contributed by atoms with Gasteiger partial charge in [-0.05, 0) is 49.9 Å². The van der Waals surface area contributed by atoms with Gasteiger partial charge in [0.25, 0.3) is 0 Å². The van der Waals surface area contributed by atoms with Gasteiger partial charge in [0.15, 0.2) is 5.13 Å². The third kappa shape index (κ3) is 4.93. The number of benzene rings is 1. The molecule has 1 saturated carbocycles. The van der Waals surface area contributed by atoms with Crippen LogP contribution < -0.4 is 14.8 Å². The molecule has 6 nitrogen and oxygen atoms in total. The van der Waals surface area contributed by atoms with Crippen molar-refractivity contribution in [3.8, 4) is 5.75 Å². The number of anilines is 1. The van der Waals surface area contributed by atoms with Crippen molar-refractivity contribution in [2.45, 2.75) is 43.1 Å². The Labute approximate surface area is 152 Å². The Balaban J connectivity index is 1.53.